The van der Waals surface area contributed by atoms with E-state index < -0.39 is 12.0 Å². The van der Waals surface area contributed by atoms with Gasteiger partial charge in [0.05, 0.1) is 20.3 Å². The van der Waals surface area contributed by atoms with Gasteiger partial charge in [-0.2, -0.15) is 0 Å². The number of aliphatic hydroxyl groups excluding tert-OH is 1. The van der Waals surface area contributed by atoms with Crippen molar-refractivity contribution in [3.8, 4) is 5.75 Å². The van der Waals surface area contributed by atoms with E-state index >= 15 is 0 Å². The molecule has 45 heavy (non-hydrogen) atoms. The van der Waals surface area contributed by atoms with Gasteiger partial charge < -0.3 is 19.9 Å². The molecule has 0 aromatic heterocycles. The summed E-state index contributed by atoms with van der Waals surface area (Å²) in [5, 5.41) is 13.5. The van der Waals surface area contributed by atoms with Crippen LogP contribution < -0.4 is 10.1 Å². The van der Waals surface area contributed by atoms with Gasteiger partial charge in [-0.25, -0.2) is 4.79 Å². The van der Waals surface area contributed by atoms with E-state index in [0.29, 0.717) is 51.9 Å². The number of benzene rings is 1. The third kappa shape index (κ3) is 6.13. The first-order chi connectivity index (χ1) is 21.3. The molecule has 6 nitrogen and oxygen atoms in total. The average molecular weight is 620 g/mol. The Labute approximate surface area is 271 Å². The lowest BCUT2D eigenvalue weighted by Gasteiger charge is -2.61. The summed E-state index contributed by atoms with van der Waals surface area (Å²) in [6.45, 7) is 16.0. The summed E-state index contributed by atoms with van der Waals surface area (Å²) in [6, 6.07) is 6.14. The minimum atomic E-state index is -0.909. The smallest absolute Gasteiger partial charge is 0.333 e. The maximum atomic E-state index is 13.3. The quantitative estimate of drug-likeness (QED) is 0.158. The zero-order valence-electron chi connectivity index (χ0n) is 28.7. The molecule has 0 saturated heterocycles. The molecule has 4 aliphatic rings. The summed E-state index contributed by atoms with van der Waals surface area (Å²) < 4.78 is 10.2. The van der Waals surface area contributed by atoms with Crippen LogP contribution in [0.4, 0.5) is 0 Å². The number of aliphatic hydroxyl groups is 1. The minimum Gasteiger partial charge on any atom is -0.497 e. The second-order valence-corrected chi connectivity index (χ2v) is 15.5. The van der Waals surface area contributed by atoms with Gasteiger partial charge in [-0.1, -0.05) is 65.0 Å². The first kappa shape index (κ1) is 33.8. The van der Waals surface area contributed by atoms with Crippen molar-refractivity contribution in [1.82, 2.24) is 5.32 Å². The van der Waals surface area contributed by atoms with Crippen LogP contribution in [0.15, 0.2) is 48.1 Å². The molecule has 1 amide bonds. The van der Waals surface area contributed by atoms with Crippen molar-refractivity contribution >= 4 is 11.9 Å². The molecule has 6 heteroatoms. The Morgan fingerprint density at radius 2 is 1.73 bits per heavy atom. The molecule has 4 aliphatic carbocycles. The van der Waals surface area contributed by atoms with Crippen LogP contribution in [-0.2, 0) is 14.3 Å². The first-order valence-electron chi connectivity index (χ1n) is 17.5. The highest BCUT2D eigenvalue weighted by atomic mass is 16.5. The maximum absolute atomic E-state index is 13.3. The number of esters is 1. The summed E-state index contributed by atoms with van der Waals surface area (Å²) in [6.07, 6.45) is 12.8. The fourth-order valence-corrected chi connectivity index (χ4v) is 10.5. The number of hydrogen-bond acceptors (Lipinski definition) is 5. The number of carbonyl (C=O) groups excluding carboxylic acids is 2. The monoisotopic (exact) mass is 619 g/mol. The highest BCUT2D eigenvalue weighted by molar-refractivity contribution is 5.96. The zero-order chi connectivity index (χ0) is 32.7. The zero-order valence-corrected chi connectivity index (χ0v) is 28.7. The van der Waals surface area contributed by atoms with Crippen molar-refractivity contribution in [1.29, 1.82) is 0 Å². The maximum Gasteiger partial charge on any atom is 0.333 e. The molecular weight excluding hydrogens is 562 g/mol. The molecule has 1 aromatic rings. The third-order valence-electron chi connectivity index (χ3n) is 13.4. The van der Waals surface area contributed by atoms with Gasteiger partial charge in [0.25, 0.3) is 0 Å². The Hall–Kier alpha value is -2.60. The largest absolute Gasteiger partial charge is 0.497 e. The molecule has 3 saturated carbocycles. The Morgan fingerprint density at radius 3 is 2.40 bits per heavy atom. The Kier molecular flexibility index (Phi) is 9.94. The van der Waals surface area contributed by atoms with Gasteiger partial charge in [0, 0.05) is 5.57 Å². The molecule has 3 fully saturated rings. The molecule has 0 spiro atoms. The van der Waals surface area contributed by atoms with Crippen molar-refractivity contribution in [2.75, 3.05) is 14.2 Å². The summed E-state index contributed by atoms with van der Waals surface area (Å²) in [7, 11) is 2.91. The van der Waals surface area contributed by atoms with Crippen LogP contribution >= 0.6 is 0 Å². The molecular formula is C39H57NO5. The SMILES string of the molecule is C=C(C(=O)N[C@H](C(=O)OC)c1ccc(OC)cc1)C(C)CC[C@@H](C)[C@H]1CC=C2[C@@H]3CC[C@H]4[C@H](C)[C@@H](O)CC[C@]4(C)[C@H]3CC[C@@]21C. The normalized spacial score (nSPS) is 35.9. The molecule has 11 atom stereocenters. The minimum absolute atomic E-state index is 0.00198. The van der Waals surface area contributed by atoms with Crippen molar-refractivity contribution in [3.63, 3.8) is 0 Å². The van der Waals surface area contributed by atoms with E-state index in [-0.39, 0.29) is 23.3 Å². The number of nitrogens with one attached hydrogen (secondary N) is 1. The molecule has 1 aromatic carbocycles. The summed E-state index contributed by atoms with van der Waals surface area (Å²) in [5.74, 6) is 3.50. The highest BCUT2D eigenvalue weighted by Gasteiger charge is 2.59. The Balaban J connectivity index is 1.18. The van der Waals surface area contributed by atoms with Crippen LogP contribution in [0.3, 0.4) is 0 Å². The van der Waals surface area contributed by atoms with Crippen LogP contribution in [0.2, 0.25) is 0 Å². The molecule has 0 bridgehead atoms. The number of rotatable bonds is 10. The van der Waals surface area contributed by atoms with Crippen LogP contribution in [0.1, 0.15) is 104 Å². The van der Waals surface area contributed by atoms with Gasteiger partial charge in [0.1, 0.15) is 5.75 Å². The van der Waals surface area contributed by atoms with Crippen LogP contribution in [0.25, 0.3) is 0 Å². The van der Waals surface area contributed by atoms with Crippen molar-refractivity contribution in [2.45, 2.75) is 105 Å². The first-order valence-corrected chi connectivity index (χ1v) is 17.5. The number of methoxy groups -OCH3 is 2. The fourth-order valence-electron chi connectivity index (χ4n) is 10.5. The molecule has 5 rings (SSSR count). The Bertz CT molecular complexity index is 1290. The van der Waals surface area contributed by atoms with Crippen LogP contribution in [-0.4, -0.2) is 37.3 Å². The standard InChI is InChI=1S/C39H57NO5/c1-23(25(3)36(42)40-35(37(43)45-8)27-11-13-28(44-7)14-12-27)9-10-24(2)30-17-18-32-29-15-16-31-26(4)34(41)20-22-39(31,6)33(29)19-21-38(30,32)5/h11-14,18,23-24,26,29-31,33-35,41H,3,9-10,15-17,19-22H2,1-2,4-8H3,(H,40,42)/t23?,24-,26+,29+,30-,31+,33+,34+,35+,38-,39+/m1/s1. The lowest BCUT2D eigenvalue weighted by Crippen LogP contribution is -2.54. The number of amides is 1. The molecule has 0 heterocycles. The van der Waals surface area contributed by atoms with Crippen molar-refractivity contribution in [2.24, 2.45) is 52.3 Å². The van der Waals surface area contributed by atoms with Gasteiger partial charge in [-0.05, 0) is 128 Å². The van der Waals surface area contributed by atoms with E-state index in [0.717, 1.165) is 31.6 Å². The summed E-state index contributed by atoms with van der Waals surface area (Å²) in [5.41, 5.74) is 3.49. The number of allylic oxidation sites excluding steroid dienone is 2. The molecule has 248 valence electrons. The predicted octanol–water partition coefficient (Wildman–Crippen LogP) is 7.82. The molecule has 1 unspecified atom stereocenters. The summed E-state index contributed by atoms with van der Waals surface area (Å²) >= 11 is 0. The van der Waals surface area contributed by atoms with Gasteiger partial charge in [-0.15, -0.1) is 0 Å². The van der Waals surface area contributed by atoms with E-state index in [1.807, 2.05) is 0 Å². The predicted molar refractivity (Wildman–Crippen MR) is 178 cm³/mol. The van der Waals surface area contributed by atoms with E-state index in [2.05, 4.69) is 52.6 Å². The van der Waals surface area contributed by atoms with E-state index in [1.54, 1.807) is 36.9 Å². The van der Waals surface area contributed by atoms with Gasteiger partial charge in [0.2, 0.25) is 5.91 Å². The molecule has 2 N–H and O–H groups in total. The van der Waals surface area contributed by atoms with Crippen molar-refractivity contribution in [3.05, 3.63) is 53.6 Å². The second-order valence-electron chi connectivity index (χ2n) is 15.5. The van der Waals surface area contributed by atoms with Gasteiger partial charge in [0.15, 0.2) is 6.04 Å². The van der Waals surface area contributed by atoms with Crippen LogP contribution in [0, 0.1) is 52.3 Å². The lowest BCUT2D eigenvalue weighted by atomic mass is 9.44. The Morgan fingerprint density at radius 1 is 1.02 bits per heavy atom. The van der Waals surface area contributed by atoms with E-state index in [9.17, 15) is 14.7 Å². The topological polar surface area (TPSA) is 84.9 Å². The van der Waals surface area contributed by atoms with Crippen molar-refractivity contribution < 1.29 is 24.2 Å². The third-order valence-corrected chi connectivity index (χ3v) is 13.4. The van der Waals surface area contributed by atoms with E-state index in [1.165, 1.54) is 39.2 Å². The number of carbonyl (C=O) groups is 2. The number of fused-ring (bicyclic) bond motifs is 5. The van der Waals surface area contributed by atoms with E-state index in [4.69, 9.17) is 9.47 Å². The average Bonchev–Trinajstić information content (AvgIpc) is 3.40. The van der Waals surface area contributed by atoms with Gasteiger partial charge >= 0.3 is 5.97 Å². The highest BCUT2D eigenvalue weighted by Crippen LogP contribution is 2.67. The summed E-state index contributed by atoms with van der Waals surface area (Å²) in [4.78, 5) is 25.9. The lowest BCUT2D eigenvalue weighted by molar-refractivity contribution is -0.145. The number of ether oxygens (including phenoxy) is 2. The fraction of sp³-hybridized carbons (Fsp3) is 0.692. The number of hydrogen-bond donors (Lipinski definition) is 2. The second kappa shape index (κ2) is 13.3. The molecule has 0 aliphatic heterocycles. The van der Waals surface area contributed by atoms with Gasteiger partial charge in [-0.3, -0.25) is 4.79 Å². The molecule has 0 radical (unpaired) electrons. The van der Waals surface area contributed by atoms with Crippen LogP contribution in [0.5, 0.6) is 5.75 Å².